The van der Waals surface area contributed by atoms with Gasteiger partial charge in [0.05, 0.1) is 11.0 Å². The van der Waals surface area contributed by atoms with E-state index < -0.39 is 0 Å². The number of hydrogen-bond donors (Lipinski definition) is 1. The molecule has 21 heavy (non-hydrogen) atoms. The van der Waals surface area contributed by atoms with Gasteiger partial charge in [0.2, 0.25) is 0 Å². The van der Waals surface area contributed by atoms with Crippen molar-refractivity contribution < 1.29 is 0 Å². The number of pyridine rings is 2. The summed E-state index contributed by atoms with van der Waals surface area (Å²) in [6.07, 6.45) is 15.2. The second kappa shape index (κ2) is 6.48. The molecule has 1 N–H and O–H groups in total. The molecule has 0 saturated heterocycles. The molecule has 0 unspecified atom stereocenters. The van der Waals surface area contributed by atoms with E-state index in [9.17, 15) is 0 Å². The van der Waals surface area contributed by atoms with E-state index in [0.717, 1.165) is 21.8 Å². The van der Waals surface area contributed by atoms with Gasteiger partial charge in [-0.15, -0.1) is 0 Å². The molecule has 1 aliphatic heterocycles. The molecule has 3 aromatic rings. The summed E-state index contributed by atoms with van der Waals surface area (Å²) in [4.78, 5) is 8.69. The second-order valence-electron chi connectivity index (χ2n) is 4.49. The summed E-state index contributed by atoms with van der Waals surface area (Å²) in [6, 6.07) is 12.1. The maximum absolute atomic E-state index is 4.35. The molecule has 0 fully saturated rings. The first-order chi connectivity index (χ1) is 10.4. The van der Waals surface area contributed by atoms with Crippen molar-refractivity contribution in [1.29, 1.82) is 0 Å². The number of nitrogens with zero attached hydrogens (tertiary/aromatic N) is 2. The van der Waals surface area contributed by atoms with Gasteiger partial charge in [0.1, 0.15) is 0 Å². The van der Waals surface area contributed by atoms with Crippen molar-refractivity contribution >= 4 is 21.8 Å². The number of nitrogens with one attached hydrogen (secondary N) is 1. The second-order valence-corrected chi connectivity index (χ2v) is 4.49. The van der Waals surface area contributed by atoms with Gasteiger partial charge in [-0.3, -0.25) is 9.97 Å². The molecule has 2 aromatic heterocycles. The van der Waals surface area contributed by atoms with Crippen LogP contribution >= 0.6 is 0 Å². The van der Waals surface area contributed by atoms with E-state index in [1.54, 1.807) is 12.4 Å². The van der Waals surface area contributed by atoms with Crippen LogP contribution in [0.5, 0.6) is 0 Å². The van der Waals surface area contributed by atoms with E-state index in [0.29, 0.717) is 0 Å². The Hall–Kier alpha value is -2.94. The maximum atomic E-state index is 4.35. The van der Waals surface area contributed by atoms with Crippen LogP contribution in [-0.4, -0.2) is 9.97 Å². The van der Waals surface area contributed by atoms with Crippen molar-refractivity contribution in [1.82, 2.24) is 15.3 Å². The molecule has 3 heteroatoms. The molecule has 3 heterocycles. The number of fused-ring (bicyclic) bond motifs is 3. The van der Waals surface area contributed by atoms with Crippen LogP contribution in [-0.2, 0) is 0 Å². The number of hydrogen-bond acceptors (Lipinski definition) is 3. The summed E-state index contributed by atoms with van der Waals surface area (Å²) in [5.41, 5.74) is 1.95. The largest absolute Gasteiger partial charge is 0.368 e. The molecule has 0 amide bonds. The third kappa shape index (κ3) is 3.15. The molecule has 0 aliphatic carbocycles. The van der Waals surface area contributed by atoms with Crippen LogP contribution in [0.3, 0.4) is 0 Å². The average molecular weight is 273 g/mol. The van der Waals surface area contributed by atoms with Crippen molar-refractivity contribution in [3.05, 3.63) is 85.5 Å². The Morgan fingerprint density at radius 3 is 1.67 bits per heavy atom. The van der Waals surface area contributed by atoms with Gasteiger partial charge in [-0.25, -0.2) is 0 Å². The lowest BCUT2D eigenvalue weighted by Crippen LogP contribution is -1.87. The molecule has 4 rings (SSSR count). The molecule has 1 aromatic carbocycles. The Morgan fingerprint density at radius 2 is 1.14 bits per heavy atom. The van der Waals surface area contributed by atoms with Crippen LogP contribution in [0.25, 0.3) is 21.8 Å². The van der Waals surface area contributed by atoms with Gasteiger partial charge in [-0.1, -0.05) is 36.4 Å². The van der Waals surface area contributed by atoms with Crippen molar-refractivity contribution in [3.63, 3.8) is 0 Å². The van der Waals surface area contributed by atoms with Gasteiger partial charge in [-0.05, 0) is 24.3 Å². The monoisotopic (exact) mass is 273 g/mol. The molecule has 0 saturated carbocycles. The lowest BCUT2D eigenvalue weighted by molar-refractivity contribution is 1.20. The van der Waals surface area contributed by atoms with E-state index >= 15 is 0 Å². The first-order valence-corrected chi connectivity index (χ1v) is 6.78. The molecular weight excluding hydrogens is 258 g/mol. The lowest BCUT2D eigenvalue weighted by atomic mass is 10.1. The Balaban J connectivity index is 0.000000160. The van der Waals surface area contributed by atoms with Gasteiger partial charge in [-0.2, -0.15) is 0 Å². The number of aromatic nitrogens is 2. The fraction of sp³-hybridized carbons (Fsp3) is 0. The zero-order valence-electron chi connectivity index (χ0n) is 11.5. The Labute approximate surface area is 123 Å². The molecular formula is C18H15N3. The molecule has 0 spiro atoms. The summed E-state index contributed by atoms with van der Waals surface area (Å²) in [5.74, 6) is 0. The predicted octanol–water partition coefficient (Wildman–Crippen LogP) is 3.96. The van der Waals surface area contributed by atoms with Crippen LogP contribution in [0.4, 0.5) is 0 Å². The zero-order valence-corrected chi connectivity index (χ0v) is 11.5. The molecule has 0 bridgehead atoms. The summed E-state index contributed by atoms with van der Waals surface area (Å²) >= 11 is 0. The van der Waals surface area contributed by atoms with Gasteiger partial charge in [0.25, 0.3) is 0 Å². The number of benzene rings is 1. The highest BCUT2D eigenvalue weighted by atomic mass is 14.8. The Kier molecular flexibility index (Phi) is 4.03. The fourth-order valence-electron chi connectivity index (χ4n) is 2.09. The van der Waals surface area contributed by atoms with Crippen LogP contribution in [0.15, 0.2) is 85.5 Å². The van der Waals surface area contributed by atoms with Crippen molar-refractivity contribution in [3.8, 4) is 0 Å². The van der Waals surface area contributed by atoms with Crippen LogP contribution in [0.1, 0.15) is 0 Å². The third-order valence-electron chi connectivity index (χ3n) is 3.06. The Bertz CT molecular complexity index is 763. The Morgan fingerprint density at radius 1 is 0.619 bits per heavy atom. The van der Waals surface area contributed by atoms with E-state index in [1.165, 1.54) is 0 Å². The van der Waals surface area contributed by atoms with Crippen LogP contribution in [0.2, 0.25) is 0 Å². The molecule has 102 valence electrons. The van der Waals surface area contributed by atoms with Crippen molar-refractivity contribution in [2.45, 2.75) is 0 Å². The van der Waals surface area contributed by atoms with Crippen LogP contribution in [0, 0.1) is 0 Å². The number of allylic oxidation sites excluding steroid dienone is 4. The molecule has 0 atom stereocenters. The van der Waals surface area contributed by atoms with E-state index in [2.05, 4.69) is 39.6 Å². The summed E-state index contributed by atoms with van der Waals surface area (Å²) < 4.78 is 0. The molecule has 3 nitrogen and oxygen atoms in total. The lowest BCUT2D eigenvalue weighted by Gasteiger charge is -2.00. The normalized spacial score (nSPS) is 12.6. The highest BCUT2D eigenvalue weighted by molar-refractivity contribution is 6.02. The van der Waals surface area contributed by atoms with Crippen molar-refractivity contribution in [2.24, 2.45) is 0 Å². The van der Waals surface area contributed by atoms with E-state index in [4.69, 9.17) is 0 Å². The highest BCUT2D eigenvalue weighted by Crippen LogP contribution is 2.20. The minimum atomic E-state index is 0.977. The highest BCUT2D eigenvalue weighted by Gasteiger charge is 2.00. The van der Waals surface area contributed by atoms with E-state index in [-0.39, 0.29) is 0 Å². The first kappa shape index (κ1) is 13.1. The van der Waals surface area contributed by atoms with Gasteiger partial charge in [0, 0.05) is 35.6 Å². The maximum Gasteiger partial charge on any atom is 0.0964 e. The van der Waals surface area contributed by atoms with Gasteiger partial charge in [0.15, 0.2) is 0 Å². The third-order valence-corrected chi connectivity index (χ3v) is 3.06. The fourth-order valence-corrected chi connectivity index (χ4v) is 2.09. The minimum Gasteiger partial charge on any atom is -0.368 e. The van der Waals surface area contributed by atoms with Crippen molar-refractivity contribution in [2.75, 3.05) is 0 Å². The summed E-state index contributed by atoms with van der Waals surface area (Å²) in [5, 5.41) is 5.20. The quantitative estimate of drug-likeness (QED) is 0.630. The van der Waals surface area contributed by atoms with Gasteiger partial charge >= 0.3 is 0 Å². The first-order valence-electron chi connectivity index (χ1n) is 6.78. The topological polar surface area (TPSA) is 37.8 Å². The number of rotatable bonds is 0. The van der Waals surface area contributed by atoms with Crippen LogP contribution < -0.4 is 5.32 Å². The predicted molar refractivity (Wildman–Crippen MR) is 87.6 cm³/mol. The van der Waals surface area contributed by atoms with Gasteiger partial charge < -0.3 is 5.32 Å². The minimum absolute atomic E-state index is 0.977. The zero-order chi connectivity index (χ0) is 14.3. The standard InChI is InChI=1S/C12H8N2.C6H7N/c1-3-9-5-6-10-4-2-8-14-12(10)11(9)13-7-1;1-2-4-6-7-5-3-1/h1-8H;1-7H. The summed E-state index contributed by atoms with van der Waals surface area (Å²) in [7, 11) is 0. The average Bonchev–Trinajstić information content (AvgIpc) is 2.88. The summed E-state index contributed by atoms with van der Waals surface area (Å²) in [6.45, 7) is 0. The smallest absolute Gasteiger partial charge is 0.0964 e. The molecule has 1 aliphatic rings. The molecule has 0 radical (unpaired) electrons. The SMILES string of the molecule is C1=CC=CNC=C1.c1cnc2c(c1)ccc1cccnc12. The van der Waals surface area contributed by atoms with E-state index in [1.807, 2.05) is 48.8 Å².